The van der Waals surface area contributed by atoms with Crippen LogP contribution in [0.5, 0.6) is 0 Å². The van der Waals surface area contributed by atoms with Crippen molar-refractivity contribution in [1.82, 2.24) is 5.32 Å². The molecule has 1 aromatic carbocycles. The van der Waals surface area contributed by atoms with Crippen molar-refractivity contribution in [2.75, 3.05) is 16.8 Å². The second-order valence-electron chi connectivity index (χ2n) is 8.86. The van der Waals surface area contributed by atoms with Crippen molar-refractivity contribution in [1.29, 1.82) is 0 Å². The molecule has 0 saturated heterocycles. The molecule has 2 N–H and O–H groups in total. The van der Waals surface area contributed by atoms with Gasteiger partial charge < -0.3 is 20.3 Å². The van der Waals surface area contributed by atoms with Crippen LogP contribution in [-0.4, -0.2) is 36.2 Å². The Labute approximate surface area is 168 Å². The number of amides is 2. The first-order valence-corrected chi connectivity index (χ1v) is 10.5. The highest BCUT2D eigenvalue weighted by Gasteiger charge is 2.33. The fraction of sp³-hybridized carbons (Fsp3) is 0.636. The average molecular weight is 388 g/mol. The predicted molar refractivity (Wildman–Crippen MR) is 112 cm³/mol. The molecule has 0 spiro atoms. The van der Waals surface area contributed by atoms with Crippen LogP contribution in [-0.2, 0) is 9.53 Å². The summed E-state index contributed by atoms with van der Waals surface area (Å²) in [6.07, 6.45) is 7.92. The van der Waals surface area contributed by atoms with E-state index in [0.29, 0.717) is 12.6 Å². The molecule has 6 heteroatoms. The minimum atomic E-state index is -0.660. The van der Waals surface area contributed by atoms with Crippen LogP contribution in [0.15, 0.2) is 24.3 Å². The van der Waals surface area contributed by atoms with Crippen molar-refractivity contribution in [2.45, 2.75) is 83.4 Å². The summed E-state index contributed by atoms with van der Waals surface area (Å²) in [6.45, 7) is 5.90. The molecule has 0 radical (unpaired) electrons. The lowest BCUT2D eigenvalue weighted by molar-refractivity contribution is -0.117. The van der Waals surface area contributed by atoms with Crippen molar-refractivity contribution in [3.63, 3.8) is 0 Å². The molecule has 1 aliphatic carbocycles. The number of para-hydroxylation sites is 2. The molecule has 2 amide bonds. The topological polar surface area (TPSA) is 70.7 Å². The highest BCUT2D eigenvalue weighted by molar-refractivity contribution is 6.01. The SMILES string of the molecule is CC(C)(C)OC(=O)NC1CN(C2CCCCCCC2)c2ccccc2NC1=O. The Morgan fingerprint density at radius 3 is 2.43 bits per heavy atom. The summed E-state index contributed by atoms with van der Waals surface area (Å²) in [6, 6.07) is 7.63. The van der Waals surface area contributed by atoms with Crippen LogP contribution in [0, 0.1) is 0 Å². The van der Waals surface area contributed by atoms with E-state index >= 15 is 0 Å². The van der Waals surface area contributed by atoms with Gasteiger partial charge in [0.15, 0.2) is 0 Å². The van der Waals surface area contributed by atoms with E-state index in [1.807, 2.05) is 39.0 Å². The number of carbonyl (C=O) groups excluding carboxylic acids is 2. The van der Waals surface area contributed by atoms with Crippen molar-refractivity contribution in [2.24, 2.45) is 0 Å². The van der Waals surface area contributed by atoms with Gasteiger partial charge in [0.25, 0.3) is 0 Å². The zero-order valence-electron chi connectivity index (χ0n) is 17.3. The van der Waals surface area contributed by atoms with E-state index in [0.717, 1.165) is 24.2 Å². The molecule has 28 heavy (non-hydrogen) atoms. The van der Waals surface area contributed by atoms with Crippen LogP contribution in [0.3, 0.4) is 0 Å². The minimum Gasteiger partial charge on any atom is -0.444 e. The number of alkyl carbamates (subject to hydrolysis) is 1. The number of carbonyl (C=O) groups is 2. The van der Waals surface area contributed by atoms with Crippen molar-refractivity contribution >= 4 is 23.4 Å². The number of fused-ring (bicyclic) bond motifs is 1. The maximum atomic E-state index is 12.8. The fourth-order valence-electron chi connectivity index (χ4n) is 4.08. The van der Waals surface area contributed by atoms with Crippen LogP contribution in [0.2, 0.25) is 0 Å². The summed E-state index contributed by atoms with van der Waals surface area (Å²) in [4.78, 5) is 27.5. The monoisotopic (exact) mass is 387 g/mol. The third-order valence-electron chi connectivity index (χ3n) is 5.37. The van der Waals surface area contributed by atoms with Gasteiger partial charge in [-0.1, -0.05) is 44.2 Å². The van der Waals surface area contributed by atoms with Gasteiger partial charge in [-0.25, -0.2) is 4.79 Å². The number of nitrogens with zero attached hydrogens (tertiary/aromatic N) is 1. The number of benzene rings is 1. The van der Waals surface area contributed by atoms with Gasteiger partial charge in [-0.3, -0.25) is 4.79 Å². The van der Waals surface area contributed by atoms with Gasteiger partial charge >= 0.3 is 6.09 Å². The average Bonchev–Trinajstić information content (AvgIpc) is 2.70. The number of hydrogen-bond donors (Lipinski definition) is 2. The summed E-state index contributed by atoms with van der Waals surface area (Å²) in [5, 5.41) is 5.77. The van der Waals surface area contributed by atoms with Crippen LogP contribution in [0.4, 0.5) is 16.2 Å². The highest BCUT2D eigenvalue weighted by atomic mass is 16.6. The molecule has 2 aliphatic rings. The quantitative estimate of drug-likeness (QED) is 0.786. The minimum absolute atomic E-state index is 0.202. The summed E-state index contributed by atoms with van der Waals surface area (Å²) in [7, 11) is 0. The molecule has 1 atom stereocenters. The molecule has 3 rings (SSSR count). The van der Waals surface area contributed by atoms with Crippen LogP contribution < -0.4 is 15.5 Å². The zero-order chi connectivity index (χ0) is 20.1. The molecule has 1 unspecified atom stereocenters. The Hall–Kier alpha value is -2.24. The van der Waals surface area contributed by atoms with Gasteiger partial charge in [0.2, 0.25) is 5.91 Å². The van der Waals surface area contributed by atoms with E-state index in [-0.39, 0.29) is 5.91 Å². The molecular weight excluding hydrogens is 354 g/mol. The normalized spacial score (nSPS) is 21.6. The summed E-state index contributed by atoms with van der Waals surface area (Å²) < 4.78 is 5.38. The van der Waals surface area contributed by atoms with Crippen LogP contribution in [0.1, 0.15) is 65.7 Å². The fourth-order valence-corrected chi connectivity index (χ4v) is 4.08. The van der Waals surface area contributed by atoms with E-state index in [4.69, 9.17) is 4.74 Å². The second-order valence-corrected chi connectivity index (χ2v) is 8.86. The number of ether oxygens (including phenoxy) is 1. The number of hydrogen-bond acceptors (Lipinski definition) is 4. The Kier molecular flexibility index (Phi) is 6.47. The number of anilines is 2. The lowest BCUT2D eigenvalue weighted by atomic mass is 9.95. The maximum absolute atomic E-state index is 12.8. The van der Waals surface area contributed by atoms with Gasteiger partial charge in [-0.15, -0.1) is 0 Å². The smallest absolute Gasteiger partial charge is 0.408 e. The van der Waals surface area contributed by atoms with Gasteiger partial charge in [0.05, 0.1) is 11.4 Å². The predicted octanol–water partition coefficient (Wildman–Crippen LogP) is 4.45. The Bertz CT molecular complexity index is 691. The molecule has 0 bridgehead atoms. The Morgan fingerprint density at radius 1 is 1.11 bits per heavy atom. The molecular formula is C22H33N3O3. The third kappa shape index (κ3) is 5.40. The first-order valence-electron chi connectivity index (χ1n) is 10.5. The molecule has 1 saturated carbocycles. The first kappa shape index (κ1) is 20.5. The van der Waals surface area contributed by atoms with Gasteiger partial charge in [-0.05, 0) is 45.7 Å². The number of nitrogens with one attached hydrogen (secondary N) is 2. The van der Waals surface area contributed by atoms with E-state index in [1.54, 1.807) is 0 Å². The Morgan fingerprint density at radius 2 is 1.75 bits per heavy atom. The second kappa shape index (κ2) is 8.84. The molecule has 154 valence electrons. The lowest BCUT2D eigenvalue weighted by Gasteiger charge is -2.36. The summed E-state index contributed by atoms with van der Waals surface area (Å²) in [5.41, 5.74) is 1.24. The molecule has 1 aromatic rings. The largest absolute Gasteiger partial charge is 0.444 e. The Balaban J connectivity index is 1.83. The summed E-state index contributed by atoms with van der Waals surface area (Å²) >= 11 is 0. The van der Waals surface area contributed by atoms with Gasteiger partial charge in [0, 0.05) is 12.6 Å². The van der Waals surface area contributed by atoms with Crippen molar-refractivity contribution < 1.29 is 14.3 Å². The molecule has 1 fully saturated rings. The molecule has 6 nitrogen and oxygen atoms in total. The van der Waals surface area contributed by atoms with Crippen LogP contribution >= 0.6 is 0 Å². The molecule has 0 aromatic heterocycles. The number of rotatable bonds is 2. The summed E-state index contributed by atoms with van der Waals surface area (Å²) in [5.74, 6) is -0.202. The standard InChI is InChI=1S/C22H33N3O3/c1-22(2,3)28-21(27)24-18-15-25(16-11-7-5-4-6-8-12-16)19-14-10-9-13-17(19)23-20(18)26/h9-10,13-14,16,18H,4-8,11-12,15H2,1-3H3,(H,23,26)(H,24,27). The van der Waals surface area contributed by atoms with E-state index in [2.05, 4.69) is 21.6 Å². The van der Waals surface area contributed by atoms with Crippen molar-refractivity contribution in [3.8, 4) is 0 Å². The lowest BCUT2D eigenvalue weighted by Crippen LogP contribution is -2.52. The molecule has 1 aliphatic heterocycles. The molecule has 1 heterocycles. The van der Waals surface area contributed by atoms with Gasteiger partial charge in [-0.2, -0.15) is 0 Å². The van der Waals surface area contributed by atoms with E-state index < -0.39 is 17.7 Å². The van der Waals surface area contributed by atoms with Crippen molar-refractivity contribution in [3.05, 3.63) is 24.3 Å². The first-order chi connectivity index (χ1) is 13.3. The van der Waals surface area contributed by atoms with Gasteiger partial charge in [0.1, 0.15) is 11.6 Å². The zero-order valence-corrected chi connectivity index (χ0v) is 17.3. The third-order valence-corrected chi connectivity index (χ3v) is 5.37. The van der Waals surface area contributed by atoms with Crippen LogP contribution in [0.25, 0.3) is 0 Å². The highest BCUT2D eigenvalue weighted by Crippen LogP contribution is 2.33. The van der Waals surface area contributed by atoms with E-state index in [1.165, 1.54) is 32.1 Å². The maximum Gasteiger partial charge on any atom is 0.408 e. The van der Waals surface area contributed by atoms with E-state index in [9.17, 15) is 9.59 Å².